The maximum Gasteiger partial charge on any atom is 0.338 e. The molecule has 1 heterocycles. The average molecular weight is 335 g/mol. The fourth-order valence-corrected chi connectivity index (χ4v) is 1.91. The molecule has 23 heavy (non-hydrogen) atoms. The smallest absolute Gasteiger partial charge is 0.338 e. The Morgan fingerprint density at radius 3 is 2.61 bits per heavy atom. The van der Waals surface area contributed by atoms with E-state index in [1.54, 1.807) is 19.2 Å². The van der Waals surface area contributed by atoms with Gasteiger partial charge in [0, 0.05) is 12.7 Å². The maximum absolute atomic E-state index is 11.7. The number of rotatable bonds is 6. The molecule has 0 atom stereocenters. The predicted molar refractivity (Wildman–Crippen MR) is 84.4 cm³/mol. The SMILES string of the molecule is COc1ccc(CNC(=O)COC(=O)c2ccnc(Cl)c2)cc1. The van der Waals surface area contributed by atoms with Gasteiger partial charge < -0.3 is 14.8 Å². The van der Waals surface area contributed by atoms with Crippen molar-refractivity contribution in [2.75, 3.05) is 13.7 Å². The Morgan fingerprint density at radius 1 is 1.22 bits per heavy atom. The van der Waals surface area contributed by atoms with Crippen molar-refractivity contribution in [3.05, 3.63) is 58.9 Å². The van der Waals surface area contributed by atoms with Crippen molar-refractivity contribution < 1.29 is 19.1 Å². The van der Waals surface area contributed by atoms with Crippen LogP contribution >= 0.6 is 11.6 Å². The van der Waals surface area contributed by atoms with Crippen LogP contribution in [0.15, 0.2) is 42.6 Å². The first-order chi connectivity index (χ1) is 11.1. The molecule has 1 N–H and O–H groups in total. The average Bonchev–Trinajstić information content (AvgIpc) is 2.58. The summed E-state index contributed by atoms with van der Waals surface area (Å²) in [5.74, 6) is -0.284. The molecule has 0 fully saturated rings. The fourth-order valence-electron chi connectivity index (χ4n) is 1.74. The van der Waals surface area contributed by atoms with Gasteiger partial charge in [-0.3, -0.25) is 4.79 Å². The highest BCUT2D eigenvalue weighted by molar-refractivity contribution is 6.29. The summed E-state index contributed by atoms with van der Waals surface area (Å²) in [5.41, 5.74) is 1.15. The van der Waals surface area contributed by atoms with Crippen LogP contribution in [-0.2, 0) is 16.1 Å². The van der Waals surface area contributed by atoms with Gasteiger partial charge in [0.2, 0.25) is 0 Å². The molecule has 0 unspecified atom stereocenters. The van der Waals surface area contributed by atoms with Gasteiger partial charge in [0.15, 0.2) is 6.61 Å². The van der Waals surface area contributed by atoms with Gasteiger partial charge in [-0.15, -0.1) is 0 Å². The largest absolute Gasteiger partial charge is 0.497 e. The van der Waals surface area contributed by atoms with Crippen molar-refractivity contribution in [1.82, 2.24) is 10.3 Å². The number of esters is 1. The van der Waals surface area contributed by atoms with Crippen LogP contribution < -0.4 is 10.1 Å². The molecule has 0 aliphatic rings. The van der Waals surface area contributed by atoms with Gasteiger partial charge >= 0.3 is 5.97 Å². The molecule has 7 heteroatoms. The van der Waals surface area contributed by atoms with E-state index in [-0.39, 0.29) is 17.3 Å². The number of carbonyl (C=O) groups excluding carboxylic acids is 2. The zero-order chi connectivity index (χ0) is 16.7. The normalized spacial score (nSPS) is 10.0. The van der Waals surface area contributed by atoms with Crippen LogP contribution in [0.3, 0.4) is 0 Å². The zero-order valence-corrected chi connectivity index (χ0v) is 13.2. The molecule has 0 bridgehead atoms. The van der Waals surface area contributed by atoms with E-state index in [0.717, 1.165) is 11.3 Å². The van der Waals surface area contributed by atoms with Crippen LogP contribution in [0, 0.1) is 0 Å². The topological polar surface area (TPSA) is 77.5 Å². The first kappa shape index (κ1) is 16.8. The number of halogens is 1. The van der Waals surface area contributed by atoms with E-state index in [0.29, 0.717) is 6.54 Å². The number of amides is 1. The maximum atomic E-state index is 11.7. The Labute approximate surface area is 138 Å². The minimum Gasteiger partial charge on any atom is -0.497 e. The van der Waals surface area contributed by atoms with Gasteiger partial charge in [-0.05, 0) is 29.8 Å². The minimum absolute atomic E-state index is 0.184. The Bertz CT molecular complexity index is 689. The van der Waals surface area contributed by atoms with Crippen molar-refractivity contribution in [2.24, 2.45) is 0 Å². The number of ether oxygens (including phenoxy) is 2. The molecule has 0 radical (unpaired) electrons. The number of hydrogen-bond donors (Lipinski definition) is 1. The number of hydrogen-bond acceptors (Lipinski definition) is 5. The molecule has 1 aromatic heterocycles. The molecular formula is C16H15ClN2O4. The van der Waals surface area contributed by atoms with Gasteiger partial charge in [0.25, 0.3) is 5.91 Å². The molecule has 1 aromatic carbocycles. The summed E-state index contributed by atoms with van der Waals surface area (Å²) in [4.78, 5) is 27.2. The van der Waals surface area contributed by atoms with Crippen LogP contribution in [0.2, 0.25) is 5.15 Å². The van der Waals surface area contributed by atoms with Crippen LogP contribution in [0.1, 0.15) is 15.9 Å². The quantitative estimate of drug-likeness (QED) is 0.647. The third kappa shape index (κ3) is 5.27. The van der Waals surface area contributed by atoms with Gasteiger partial charge in [-0.1, -0.05) is 23.7 Å². The van der Waals surface area contributed by atoms with E-state index in [4.69, 9.17) is 21.1 Å². The standard InChI is InChI=1S/C16H15ClN2O4/c1-22-13-4-2-11(3-5-13)9-19-15(20)10-23-16(21)12-6-7-18-14(17)8-12/h2-8H,9-10H2,1H3,(H,19,20). The van der Waals surface area contributed by atoms with Crippen molar-refractivity contribution in [3.63, 3.8) is 0 Å². The Kier molecular flexibility index (Phi) is 5.94. The molecule has 6 nitrogen and oxygen atoms in total. The van der Waals surface area contributed by atoms with E-state index < -0.39 is 11.9 Å². The third-order valence-electron chi connectivity index (χ3n) is 2.95. The molecule has 2 rings (SSSR count). The van der Waals surface area contributed by atoms with Gasteiger partial charge in [0.05, 0.1) is 12.7 Å². The lowest BCUT2D eigenvalue weighted by atomic mass is 10.2. The number of nitrogens with one attached hydrogen (secondary N) is 1. The molecule has 0 aliphatic carbocycles. The van der Waals surface area contributed by atoms with Gasteiger partial charge in [-0.25, -0.2) is 9.78 Å². The second-order valence-corrected chi connectivity index (χ2v) is 4.96. The summed E-state index contributed by atoms with van der Waals surface area (Å²) in [5, 5.41) is 2.84. The molecule has 0 spiro atoms. The lowest BCUT2D eigenvalue weighted by Gasteiger charge is -2.07. The Morgan fingerprint density at radius 2 is 1.96 bits per heavy atom. The van der Waals surface area contributed by atoms with Crippen LogP contribution in [0.25, 0.3) is 0 Å². The van der Waals surface area contributed by atoms with Gasteiger partial charge in [0.1, 0.15) is 10.9 Å². The van der Waals surface area contributed by atoms with E-state index in [1.807, 2.05) is 12.1 Å². The number of carbonyl (C=O) groups is 2. The number of pyridine rings is 1. The zero-order valence-electron chi connectivity index (χ0n) is 12.4. The van der Waals surface area contributed by atoms with Crippen molar-refractivity contribution in [1.29, 1.82) is 0 Å². The first-order valence-corrected chi connectivity index (χ1v) is 7.14. The molecule has 0 saturated heterocycles. The van der Waals surface area contributed by atoms with E-state index in [1.165, 1.54) is 18.3 Å². The van der Waals surface area contributed by atoms with Crippen molar-refractivity contribution in [3.8, 4) is 5.75 Å². The van der Waals surface area contributed by atoms with E-state index >= 15 is 0 Å². The Hall–Kier alpha value is -2.60. The number of benzene rings is 1. The number of aromatic nitrogens is 1. The summed E-state index contributed by atoms with van der Waals surface area (Å²) < 4.78 is 9.96. The summed E-state index contributed by atoms with van der Waals surface area (Å²) in [6, 6.07) is 10.1. The number of methoxy groups -OCH3 is 1. The summed E-state index contributed by atoms with van der Waals surface area (Å²) in [6.45, 7) is -0.0314. The van der Waals surface area contributed by atoms with E-state index in [2.05, 4.69) is 10.3 Å². The lowest BCUT2D eigenvalue weighted by molar-refractivity contribution is -0.124. The highest BCUT2D eigenvalue weighted by atomic mass is 35.5. The molecular weight excluding hydrogens is 320 g/mol. The first-order valence-electron chi connectivity index (χ1n) is 6.77. The second-order valence-electron chi connectivity index (χ2n) is 4.57. The van der Waals surface area contributed by atoms with Crippen LogP contribution in [-0.4, -0.2) is 30.6 Å². The highest BCUT2D eigenvalue weighted by Gasteiger charge is 2.10. The molecule has 2 aromatic rings. The fraction of sp³-hybridized carbons (Fsp3) is 0.188. The van der Waals surface area contributed by atoms with Crippen molar-refractivity contribution >= 4 is 23.5 Å². The summed E-state index contributed by atoms with van der Waals surface area (Å²) in [6.07, 6.45) is 1.39. The van der Waals surface area contributed by atoms with Crippen LogP contribution in [0.4, 0.5) is 0 Å². The summed E-state index contributed by atoms with van der Waals surface area (Å²) >= 11 is 5.68. The van der Waals surface area contributed by atoms with Crippen LogP contribution in [0.5, 0.6) is 5.75 Å². The lowest BCUT2D eigenvalue weighted by Crippen LogP contribution is -2.28. The minimum atomic E-state index is -0.631. The van der Waals surface area contributed by atoms with Crippen molar-refractivity contribution in [2.45, 2.75) is 6.54 Å². The summed E-state index contributed by atoms with van der Waals surface area (Å²) in [7, 11) is 1.58. The molecule has 1 amide bonds. The predicted octanol–water partition coefficient (Wildman–Crippen LogP) is 2.22. The van der Waals surface area contributed by atoms with E-state index in [9.17, 15) is 9.59 Å². The number of nitrogens with zero attached hydrogens (tertiary/aromatic N) is 1. The third-order valence-corrected chi connectivity index (χ3v) is 3.15. The molecule has 120 valence electrons. The monoisotopic (exact) mass is 334 g/mol. The second kappa shape index (κ2) is 8.14. The highest BCUT2D eigenvalue weighted by Crippen LogP contribution is 2.11. The Balaban J connectivity index is 1.77. The molecule has 0 saturated carbocycles. The van der Waals surface area contributed by atoms with Gasteiger partial charge in [-0.2, -0.15) is 0 Å². The molecule has 0 aliphatic heterocycles.